The summed E-state index contributed by atoms with van der Waals surface area (Å²) in [6, 6.07) is 5.00. The minimum absolute atomic E-state index is 0.0155. The van der Waals surface area contributed by atoms with Crippen LogP contribution in [0.1, 0.15) is 12.5 Å². The Balaban J connectivity index is 2.10. The molecule has 4 nitrogen and oxygen atoms in total. The first-order valence-electron chi connectivity index (χ1n) is 5.56. The maximum Gasteiger partial charge on any atom is 0.157 e. The van der Waals surface area contributed by atoms with Gasteiger partial charge in [0.1, 0.15) is 0 Å². The van der Waals surface area contributed by atoms with Crippen LogP contribution < -0.4 is 10.6 Å². The lowest BCUT2D eigenvalue weighted by molar-refractivity contribution is 0.294. The van der Waals surface area contributed by atoms with Crippen LogP contribution in [-0.2, 0) is 6.42 Å². The van der Waals surface area contributed by atoms with Crippen molar-refractivity contribution >= 4 is 0 Å². The molecule has 1 atom stereocenters. The summed E-state index contributed by atoms with van der Waals surface area (Å²) in [6.07, 6.45) is 0.827. The lowest BCUT2D eigenvalue weighted by atomic mass is 9.91. The van der Waals surface area contributed by atoms with E-state index in [0.29, 0.717) is 0 Å². The van der Waals surface area contributed by atoms with Crippen molar-refractivity contribution in [2.75, 3.05) is 19.6 Å². The van der Waals surface area contributed by atoms with Crippen molar-refractivity contribution in [3.63, 3.8) is 0 Å². The van der Waals surface area contributed by atoms with Crippen LogP contribution in [0.2, 0.25) is 0 Å². The minimum Gasteiger partial charge on any atom is -0.504 e. The van der Waals surface area contributed by atoms with Gasteiger partial charge in [-0.3, -0.25) is 0 Å². The maximum atomic E-state index is 9.43. The number of hydrogen-bond donors (Lipinski definition) is 4. The van der Waals surface area contributed by atoms with Gasteiger partial charge in [0.05, 0.1) is 0 Å². The molecule has 1 unspecified atom stereocenters. The summed E-state index contributed by atoms with van der Waals surface area (Å²) in [6.45, 7) is 5.02. The van der Waals surface area contributed by atoms with Crippen molar-refractivity contribution in [1.82, 2.24) is 10.6 Å². The molecule has 0 amide bonds. The molecule has 0 aliphatic carbocycles. The summed E-state index contributed by atoms with van der Waals surface area (Å²) in [4.78, 5) is 0. The van der Waals surface area contributed by atoms with Crippen LogP contribution in [0.3, 0.4) is 0 Å². The molecule has 1 aromatic rings. The van der Waals surface area contributed by atoms with Crippen molar-refractivity contribution in [2.45, 2.75) is 18.9 Å². The van der Waals surface area contributed by atoms with Gasteiger partial charge in [0.2, 0.25) is 0 Å². The highest BCUT2D eigenvalue weighted by Gasteiger charge is 2.26. The van der Waals surface area contributed by atoms with E-state index in [4.69, 9.17) is 0 Å². The lowest BCUT2D eigenvalue weighted by Gasteiger charge is -2.35. The van der Waals surface area contributed by atoms with E-state index in [2.05, 4.69) is 17.6 Å². The molecule has 0 bridgehead atoms. The zero-order valence-electron chi connectivity index (χ0n) is 9.45. The number of rotatable bonds is 2. The van der Waals surface area contributed by atoms with E-state index < -0.39 is 0 Å². The van der Waals surface area contributed by atoms with Crippen molar-refractivity contribution in [2.24, 2.45) is 0 Å². The van der Waals surface area contributed by atoms with E-state index in [1.165, 1.54) is 6.07 Å². The highest BCUT2D eigenvalue weighted by atomic mass is 16.3. The number of aromatic hydroxyl groups is 2. The van der Waals surface area contributed by atoms with E-state index in [9.17, 15) is 10.2 Å². The second-order valence-corrected chi connectivity index (χ2v) is 4.66. The topological polar surface area (TPSA) is 64.5 Å². The summed E-state index contributed by atoms with van der Waals surface area (Å²) >= 11 is 0. The fourth-order valence-electron chi connectivity index (χ4n) is 2.13. The Kier molecular flexibility index (Phi) is 3.03. The van der Waals surface area contributed by atoms with Crippen LogP contribution in [0.5, 0.6) is 11.5 Å². The van der Waals surface area contributed by atoms with Crippen LogP contribution in [-0.4, -0.2) is 35.4 Å². The van der Waals surface area contributed by atoms with Gasteiger partial charge in [-0.2, -0.15) is 0 Å². The molecule has 16 heavy (non-hydrogen) atoms. The predicted molar refractivity (Wildman–Crippen MR) is 62.8 cm³/mol. The molecule has 2 rings (SSSR count). The lowest BCUT2D eigenvalue weighted by Crippen LogP contribution is -2.58. The maximum absolute atomic E-state index is 9.43. The molecule has 1 fully saturated rings. The summed E-state index contributed by atoms with van der Waals surface area (Å²) in [5.41, 5.74) is 1.04. The molecule has 1 saturated heterocycles. The van der Waals surface area contributed by atoms with Crippen LogP contribution in [0.25, 0.3) is 0 Å². The van der Waals surface area contributed by atoms with E-state index in [0.717, 1.165) is 31.6 Å². The number of phenolic OH excluding ortho intramolecular Hbond substituents is 2. The van der Waals surface area contributed by atoms with Gasteiger partial charge >= 0.3 is 0 Å². The summed E-state index contributed by atoms with van der Waals surface area (Å²) in [5, 5.41) is 25.5. The van der Waals surface area contributed by atoms with E-state index in [1.54, 1.807) is 6.07 Å². The first-order valence-corrected chi connectivity index (χ1v) is 5.56. The SMILES string of the molecule is CC1(Cc2ccc(O)c(O)c2)CNCCN1. The average Bonchev–Trinajstić information content (AvgIpc) is 2.24. The van der Waals surface area contributed by atoms with Gasteiger partial charge in [0, 0.05) is 25.2 Å². The van der Waals surface area contributed by atoms with Crippen molar-refractivity contribution in [3.05, 3.63) is 23.8 Å². The minimum atomic E-state index is -0.0661. The molecule has 1 aliphatic rings. The predicted octanol–water partition coefficient (Wildman–Crippen LogP) is 0.592. The van der Waals surface area contributed by atoms with Crippen molar-refractivity contribution in [3.8, 4) is 11.5 Å². The largest absolute Gasteiger partial charge is 0.504 e. The molecular formula is C12H18N2O2. The zero-order valence-corrected chi connectivity index (χ0v) is 9.45. The molecule has 4 N–H and O–H groups in total. The van der Waals surface area contributed by atoms with Gasteiger partial charge in [0.25, 0.3) is 0 Å². The van der Waals surface area contributed by atoms with E-state index in [-0.39, 0.29) is 17.0 Å². The Bertz CT molecular complexity index is 373. The van der Waals surface area contributed by atoms with Gasteiger partial charge in [-0.1, -0.05) is 6.07 Å². The van der Waals surface area contributed by atoms with Crippen LogP contribution in [0.15, 0.2) is 18.2 Å². The molecule has 1 aromatic carbocycles. The van der Waals surface area contributed by atoms with E-state index in [1.807, 2.05) is 6.07 Å². The van der Waals surface area contributed by atoms with Crippen LogP contribution in [0.4, 0.5) is 0 Å². The zero-order chi connectivity index (χ0) is 11.6. The number of nitrogens with one attached hydrogen (secondary N) is 2. The third-order valence-corrected chi connectivity index (χ3v) is 3.00. The molecular weight excluding hydrogens is 204 g/mol. The highest BCUT2D eigenvalue weighted by Crippen LogP contribution is 2.26. The van der Waals surface area contributed by atoms with Gasteiger partial charge in [-0.25, -0.2) is 0 Å². The normalized spacial score (nSPS) is 25.6. The standard InChI is InChI=1S/C12H18N2O2/c1-12(8-13-4-5-14-12)7-9-2-3-10(15)11(16)6-9/h2-3,6,13-16H,4-5,7-8H2,1H3. The number of piperazine rings is 1. The second kappa shape index (κ2) is 4.31. The smallest absolute Gasteiger partial charge is 0.157 e. The summed E-state index contributed by atoms with van der Waals surface area (Å²) in [7, 11) is 0. The molecule has 0 radical (unpaired) electrons. The quantitative estimate of drug-likeness (QED) is 0.553. The number of hydrogen-bond acceptors (Lipinski definition) is 4. The fraction of sp³-hybridized carbons (Fsp3) is 0.500. The average molecular weight is 222 g/mol. The fourth-order valence-corrected chi connectivity index (χ4v) is 2.13. The molecule has 0 saturated carbocycles. The van der Waals surface area contributed by atoms with Gasteiger partial charge in [0.15, 0.2) is 11.5 Å². The first-order chi connectivity index (χ1) is 7.59. The third-order valence-electron chi connectivity index (χ3n) is 3.00. The number of phenols is 2. The summed E-state index contributed by atoms with van der Waals surface area (Å²) in [5.74, 6) is -0.117. The molecule has 1 heterocycles. The highest BCUT2D eigenvalue weighted by molar-refractivity contribution is 5.41. The van der Waals surface area contributed by atoms with Crippen molar-refractivity contribution < 1.29 is 10.2 Å². The van der Waals surface area contributed by atoms with Gasteiger partial charge < -0.3 is 20.8 Å². The monoisotopic (exact) mass is 222 g/mol. The number of benzene rings is 1. The Morgan fingerprint density at radius 3 is 2.69 bits per heavy atom. The molecule has 1 aliphatic heterocycles. The molecule has 4 heteroatoms. The first kappa shape index (κ1) is 11.2. The molecule has 0 aromatic heterocycles. The third kappa shape index (κ3) is 2.46. The van der Waals surface area contributed by atoms with Crippen LogP contribution >= 0.6 is 0 Å². The Hall–Kier alpha value is -1.26. The molecule has 0 spiro atoms. The van der Waals surface area contributed by atoms with E-state index >= 15 is 0 Å². The molecule has 88 valence electrons. The van der Waals surface area contributed by atoms with Crippen molar-refractivity contribution in [1.29, 1.82) is 0 Å². The Morgan fingerprint density at radius 1 is 1.25 bits per heavy atom. The van der Waals surface area contributed by atoms with Gasteiger partial charge in [-0.15, -0.1) is 0 Å². The Labute approximate surface area is 95.3 Å². The van der Waals surface area contributed by atoms with Gasteiger partial charge in [-0.05, 0) is 31.0 Å². The summed E-state index contributed by atoms with van der Waals surface area (Å²) < 4.78 is 0. The second-order valence-electron chi connectivity index (χ2n) is 4.66. The van der Waals surface area contributed by atoms with Crippen LogP contribution in [0, 0.1) is 0 Å². The Morgan fingerprint density at radius 2 is 2.06 bits per heavy atom.